The molecular formula is C22H24BrN3O3. The predicted octanol–water partition coefficient (Wildman–Crippen LogP) is 4.51. The van der Waals surface area contributed by atoms with Crippen molar-refractivity contribution in [1.29, 1.82) is 0 Å². The summed E-state index contributed by atoms with van der Waals surface area (Å²) in [5, 5.41) is 2.99. The van der Waals surface area contributed by atoms with Crippen LogP contribution >= 0.6 is 15.9 Å². The maximum atomic E-state index is 13.2. The van der Waals surface area contributed by atoms with Gasteiger partial charge in [-0.15, -0.1) is 0 Å². The highest BCUT2D eigenvalue weighted by Gasteiger charge is 2.33. The second kappa shape index (κ2) is 8.45. The van der Waals surface area contributed by atoms with Crippen molar-refractivity contribution in [2.24, 2.45) is 5.92 Å². The van der Waals surface area contributed by atoms with Crippen LogP contribution in [0.3, 0.4) is 0 Å². The van der Waals surface area contributed by atoms with Crippen LogP contribution in [0.25, 0.3) is 0 Å². The molecule has 2 aromatic carbocycles. The lowest BCUT2D eigenvalue weighted by atomic mass is 9.96. The zero-order valence-corrected chi connectivity index (χ0v) is 17.9. The number of nitrogens with zero attached hydrogens (tertiary/aromatic N) is 2. The van der Waals surface area contributed by atoms with Crippen molar-refractivity contribution in [3.8, 4) is 5.75 Å². The number of nitrogens with one attached hydrogen (secondary N) is 1. The van der Waals surface area contributed by atoms with E-state index in [2.05, 4.69) is 21.2 Å². The molecule has 1 saturated heterocycles. The lowest BCUT2D eigenvalue weighted by molar-refractivity contribution is -0.121. The number of fused-ring (bicyclic) bond motifs is 1. The number of amides is 3. The number of para-hydroxylation sites is 3. The number of carbonyl (C=O) groups is 2. The van der Waals surface area contributed by atoms with Crippen LogP contribution in [0.2, 0.25) is 0 Å². The predicted molar refractivity (Wildman–Crippen MR) is 116 cm³/mol. The van der Waals surface area contributed by atoms with Crippen molar-refractivity contribution in [3.05, 3.63) is 53.0 Å². The van der Waals surface area contributed by atoms with Crippen molar-refractivity contribution in [2.75, 3.05) is 29.9 Å². The average Bonchev–Trinajstić information content (AvgIpc) is 2.74. The molecule has 2 aliphatic rings. The van der Waals surface area contributed by atoms with Crippen LogP contribution in [0, 0.1) is 5.92 Å². The lowest BCUT2D eigenvalue weighted by Crippen LogP contribution is -2.51. The molecule has 0 spiro atoms. The van der Waals surface area contributed by atoms with Crippen molar-refractivity contribution >= 4 is 39.2 Å². The summed E-state index contributed by atoms with van der Waals surface area (Å²) >= 11 is 3.46. The third-order valence-electron chi connectivity index (χ3n) is 5.42. The fourth-order valence-corrected chi connectivity index (χ4v) is 4.26. The number of ether oxygens (including phenoxy) is 1. The molecule has 0 unspecified atom stereocenters. The molecule has 2 heterocycles. The number of urea groups is 1. The first-order chi connectivity index (χ1) is 14.0. The Morgan fingerprint density at radius 3 is 2.52 bits per heavy atom. The summed E-state index contributed by atoms with van der Waals surface area (Å²) in [6.07, 6.45) is 1.26. The third-order valence-corrected chi connectivity index (χ3v) is 6.11. The Morgan fingerprint density at radius 1 is 1.07 bits per heavy atom. The van der Waals surface area contributed by atoms with Gasteiger partial charge in [-0.25, -0.2) is 4.79 Å². The van der Waals surface area contributed by atoms with E-state index in [1.54, 1.807) is 4.90 Å². The Morgan fingerprint density at radius 2 is 1.76 bits per heavy atom. The van der Waals surface area contributed by atoms with Crippen molar-refractivity contribution in [3.63, 3.8) is 0 Å². The van der Waals surface area contributed by atoms with Crippen LogP contribution in [0.1, 0.15) is 19.8 Å². The number of hydrogen-bond donors (Lipinski definition) is 1. The van der Waals surface area contributed by atoms with Gasteiger partial charge in [-0.1, -0.05) is 24.3 Å². The standard InChI is InChI=1S/C22H24BrN3O3/c1-15-14-26(19-8-4-5-9-20(19)29-15)22(28)25-12-10-16(11-13-25)21(27)24-18-7-3-2-6-17(18)23/h2-9,15-16H,10-14H2,1H3,(H,24,27)/t15-/m0/s1. The number of piperidine rings is 1. The van der Waals surface area contributed by atoms with Gasteiger partial charge in [0.1, 0.15) is 11.9 Å². The van der Waals surface area contributed by atoms with Gasteiger partial charge in [0.2, 0.25) is 5.91 Å². The lowest BCUT2D eigenvalue weighted by Gasteiger charge is -2.39. The molecule has 0 aromatic heterocycles. The fraction of sp³-hybridized carbons (Fsp3) is 0.364. The topological polar surface area (TPSA) is 61.9 Å². The summed E-state index contributed by atoms with van der Waals surface area (Å²) < 4.78 is 6.71. The molecule has 0 bridgehead atoms. The molecule has 1 atom stereocenters. The zero-order chi connectivity index (χ0) is 20.4. The Hall–Kier alpha value is -2.54. The number of benzene rings is 2. The molecule has 6 nitrogen and oxygen atoms in total. The van der Waals surface area contributed by atoms with Crippen LogP contribution in [0.15, 0.2) is 53.0 Å². The maximum Gasteiger partial charge on any atom is 0.324 e. The minimum absolute atomic E-state index is 0.00865. The van der Waals surface area contributed by atoms with E-state index in [9.17, 15) is 9.59 Å². The number of halogens is 1. The molecule has 7 heteroatoms. The van der Waals surface area contributed by atoms with E-state index in [4.69, 9.17) is 4.74 Å². The minimum atomic E-state index is -0.0953. The van der Waals surface area contributed by atoms with Gasteiger partial charge in [0.15, 0.2) is 0 Å². The van der Waals surface area contributed by atoms with Crippen molar-refractivity contribution in [2.45, 2.75) is 25.9 Å². The molecule has 4 rings (SSSR count). The molecule has 1 fully saturated rings. The van der Waals surface area contributed by atoms with Crippen LogP contribution < -0.4 is 15.0 Å². The van der Waals surface area contributed by atoms with Crippen molar-refractivity contribution in [1.82, 2.24) is 4.90 Å². The average molecular weight is 458 g/mol. The Bertz CT molecular complexity index is 912. The van der Waals surface area contributed by atoms with E-state index in [1.165, 1.54) is 0 Å². The minimum Gasteiger partial charge on any atom is -0.487 e. The quantitative estimate of drug-likeness (QED) is 0.721. The summed E-state index contributed by atoms with van der Waals surface area (Å²) in [6, 6.07) is 15.2. The number of likely N-dealkylation sites (tertiary alicyclic amines) is 1. The van der Waals surface area contributed by atoms with Crippen LogP contribution in [-0.2, 0) is 4.79 Å². The molecule has 29 heavy (non-hydrogen) atoms. The molecule has 0 radical (unpaired) electrons. The van der Waals surface area contributed by atoms with Crippen LogP contribution in [-0.4, -0.2) is 42.6 Å². The normalized spacial score (nSPS) is 19.3. The first kappa shape index (κ1) is 19.8. The van der Waals surface area contributed by atoms with E-state index >= 15 is 0 Å². The largest absolute Gasteiger partial charge is 0.487 e. The Kier molecular flexibility index (Phi) is 5.76. The number of hydrogen-bond acceptors (Lipinski definition) is 3. The van der Waals surface area contributed by atoms with Crippen LogP contribution in [0.5, 0.6) is 5.75 Å². The van der Waals surface area contributed by atoms with Gasteiger partial charge in [-0.3, -0.25) is 9.69 Å². The molecular weight excluding hydrogens is 434 g/mol. The maximum absolute atomic E-state index is 13.2. The molecule has 152 valence electrons. The summed E-state index contributed by atoms with van der Waals surface area (Å²) in [4.78, 5) is 29.4. The van der Waals surface area contributed by atoms with Gasteiger partial charge in [-0.05, 0) is 60.0 Å². The zero-order valence-electron chi connectivity index (χ0n) is 16.3. The summed E-state index contributed by atoms with van der Waals surface area (Å²) in [7, 11) is 0. The van der Waals surface area contributed by atoms with E-state index in [0.29, 0.717) is 32.5 Å². The van der Waals surface area contributed by atoms with Crippen molar-refractivity contribution < 1.29 is 14.3 Å². The monoisotopic (exact) mass is 457 g/mol. The van der Waals surface area contributed by atoms with E-state index in [-0.39, 0.29) is 24.0 Å². The summed E-state index contributed by atoms with van der Waals surface area (Å²) in [5.74, 6) is 0.652. The first-order valence-electron chi connectivity index (χ1n) is 9.90. The number of carbonyl (C=O) groups excluding carboxylic acids is 2. The molecule has 0 saturated carbocycles. The van der Waals surface area contributed by atoms with Gasteiger partial charge >= 0.3 is 6.03 Å². The highest BCUT2D eigenvalue weighted by Crippen LogP contribution is 2.34. The van der Waals surface area contributed by atoms with Gasteiger partial charge in [0.25, 0.3) is 0 Å². The molecule has 1 N–H and O–H groups in total. The SMILES string of the molecule is C[C@H]1CN(C(=O)N2CCC(C(=O)Nc3ccccc3Br)CC2)c2ccccc2O1. The first-order valence-corrected chi connectivity index (χ1v) is 10.7. The van der Waals surface area contributed by atoms with Gasteiger partial charge < -0.3 is 15.0 Å². The van der Waals surface area contributed by atoms with E-state index in [0.717, 1.165) is 21.6 Å². The second-order valence-corrected chi connectivity index (χ2v) is 8.37. The van der Waals surface area contributed by atoms with Crippen LogP contribution in [0.4, 0.5) is 16.2 Å². The summed E-state index contributed by atoms with van der Waals surface area (Å²) in [6.45, 7) is 3.63. The fourth-order valence-electron chi connectivity index (χ4n) is 3.87. The summed E-state index contributed by atoms with van der Waals surface area (Å²) in [5.41, 5.74) is 1.58. The number of rotatable bonds is 2. The highest BCUT2D eigenvalue weighted by atomic mass is 79.9. The second-order valence-electron chi connectivity index (χ2n) is 7.52. The molecule has 2 aromatic rings. The van der Waals surface area contributed by atoms with Gasteiger partial charge in [-0.2, -0.15) is 0 Å². The van der Waals surface area contributed by atoms with E-state index < -0.39 is 0 Å². The third kappa shape index (κ3) is 4.24. The van der Waals surface area contributed by atoms with Gasteiger partial charge in [0, 0.05) is 23.5 Å². The highest BCUT2D eigenvalue weighted by molar-refractivity contribution is 9.10. The van der Waals surface area contributed by atoms with E-state index in [1.807, 2.05) is 60.4 Å². The smallest absolute Gasteiger partial charge is 0.324 e. The number of anilines is 2. The molecule has 3 amide bonds. The van der Waals surface area contributed by atoms with Gasteiger partial charge in [0.05, 0.1) is 17.9 Å². The Labute approximate surface area is 178 Å². The molecule has 2 aliphatic heterocycles. The molecule has 0 aliphatic carbocycles. The Balaban J connectivity index is 1.38.